The molecule has 2 N–H and O–H groups in total. The monoisotopic (exact) mass is 289 g/mol. The standard InChI is InChI=1S/C13H17ClFNO3/c1-13(2,11(17)12(18)19-3)16-7-8-4-5-9(14)10(15)6-8/h4-6,11,16-17H,7H2,1-3H3. The van der Waals surface area contributed by atoms with E-state index in [0.717, 1.165) is 0 Å². The van der Waals surface area contributed by atoms with Crippen molar-refractivity contribution in [3.63, 3.8) is 0 Å². The van der Waals surface area contributed by atoms with Crippen LogP contribution in [0.25, 0.3) is 0 Å². The van der Waals surface area contributed by atoms with E-state index in [1.807, 2.05) is 0 Å². The SMILES string of the molecule is COC(=O)C(O)C(C)(C)NCc1ccc(Cl)c(F)c1. The van der Waals surface area contributed by atoms with Crippen LogP contribution in [0, 0.1) is 5.82 Å². The van der Waals surface area contributed by atoms with Gasteiger partial charge in [-0.2, -0.15) is 0 Å². The van der Waals surface area contributed by atoms with Crippen LogP contribution < -0.4 is 5.32 Å². The number of ether oxygens (including phenoxy) is 1. The lowest BCUT2D eigenvalue weighted by Gasteiger charge is -2.30. The highest BCUT2D eigenvalue weighted by molar-refractivity contribution is 6.30. The second-order valence-electron chi connectivity index (χ2n) is 4.75. The number of esters is 1. The van der Waals surface area contributed by atoms with Crippen molar-refractivity contribution in [2.45, 2.75) is 32.0 Å². The number of carbonyl (C=O) groups excluding carboxylic acids is 1. The zero-order valence-corrected chi connectivity index (χ0v) is 11.8. The van der Waals surface area contributed by atoms with Crippen LogP contribution in [-0.4, -0.2) is 29.8 Å². The van der Waals surface area contributed by atoms with Crippen LogP contribution >= 0.6 is 11.6 Å². The molecule has 106 valence electrons. The fraction of sp³-hybridized carbons (Fsp3) is 0.462. The average Bonchev–Trinajstić information content (AvgIpc) is 2.38. The van der Waals surface area contributed by atoms with E-state index in [1.54, 1.807) is 19.9 Å². The Kier molecular flexibility index (Phi) is 5.29. The van der Waals surface area contributed by atoms with Crippen molar-refractivity contribution in [1.29, 1.82) is 0 Å². The fourth-order valence-corrected chi connectivity index (χ4v) is 1.60. The van der Waals surface area contributed by atoms with Gasteiger partial charge in [-0.15, -0.1) is 0 Å². The Bertz CT molecular complexity index is 465. The number of nitrogens with one attached hydrogen (secondary N) is 1. The second-order valence-corrected chi connectivity index (χ2v) is 5.16. The molecule has 0 aliphatic rings. The number of benzene rings is 1. The summed E-state index contributed by atoms with van der Waals surface area (Å²) >= 11 is 5.58. The second kappa shape index (κ2) is 6.32. The van der Waals surface area contributed by atoms with Gasteiger partial charge in [-0.3, -0.25) is 0 Å². The van der Waals surface area contributed by atoms with Gasteiger partial charge < -0.3 is 15.2 Å². The van der Waals surface area contributed by atoms with Gasteiger partial charge in [0.2, 0.25) is 0 Å². The summed E-state index contributed by atoms with van der Waals surface area (Å²) in [7, 11) is 1.20. The molecule has 6 heteroatoms. The molecule has 1 aromatic carbocycles. The fourth-order valence-electron chi connectivity index (χ4n) is 1.48. The molecule has 1 aromatic rings. The molecule has 0 aromatic heterocycles. The number of hydrogen-bond donors (Lipinski definition) is 2. The third kappa shape index (κ3) is 4.16. The van der Waals surface area contributed by atoms with Crippen LogP contribution in [0.4, 0.5) is 4.39 Å². The number of rotatable bonds is 5. The summed E-state index contributed by atoms with van der Waals surface area (Å²) in [4.78, 5) is 11.3. The molecule has 0 amide bonds. The number of carbonyl (C=O) groups is 1. The van der Waals surface area contributed by atoms with E-state index in [9.17, 15) is 14.3 Å². The van der Waals surface area contributed by atoms with Crippen LogP contribution in [0.1, 0.15) is 19.4 Å². The maximum absolute atomic E-state index is 13.3. The van der Waals surface area contributed by atoms with Crippen molar-refractivity contribution < 1.29 is 19.0 Å². The first kappa shape index (κ1) is 15.9. The molecule has 4 nitrogen and oxygen atoms in total. The van der Waals surface area contributed by atoms with Gasteiger partial charge in [-0.25, -0.2) is 9.18 Å². The Morgan fingerprint density at radius 1 is 1.58 bits per heavy atom. The molecular formula is C13H17ClFNO3. The van der Waals surface area contributed by atoms with E-state index in [2.05, 4.69) is 10.1 Å². The topological polar surface area (TPSA) is 58.6 Å². The zero-order chi connectivity index (χ0) is 14.6. The largest absolute Gasteiger partial charge is 0.467 e. The van der Waals surface area contributed by atoms with Gasteiger partial charge in [0.25, 0.3) is 0 Å². The van der Waals surface area contributed by atoms with Crippen LogP contribution in [-0.2, 0) is 16.1 Å². The Morgan fingerprint density at radius 3 is 2.74 bits per heavy atom. The highest BCUT2D eigenvalue weighted by Crippen LogP contribution is 2.17. The van der Waals surface area contributed by atoms with Crippen molar-refractivity contribution in [3.05, 3.63) is 34.6 Å². The lowest BCUT2D eigenvalue weighted by molar-refractivity contribution is -0.154. The van der Waals surface area contributed by atoms with Gasteiger partial charge in [-0.1, -0.05) is 17.7 Å². The summed E-state index contributed by atoms with van der Waals surface area (Å²) < 4.78 is 17.7. The van der Waals surface area contributed by atoms with E-state index in [1.165, 1.54) is 19.2 Å². The average molecular weight is 290 g/mol. The normalized spacial score (nSPS) is 13.2. The summed E-state index contributed by atoms with van der Waals surface area (Å²) in [5, 5.41) is 12.8. The Morgan fingerprint density at radius 2 is 2.21 bits per heavy atom. The Balaban J connectivity index is 2.69. The van der Waals surface area contributed by atoms with E-state index in [0.29, 0.717) is 5.56 Å². The molecule has 0 radical (unpaired) electrons. The van der Waals surface area contributed by atoms with Crippen molar-refractivity contribution in [2.24, 2.45) is 0 Å². The van der Waals surface area contributed by atoms with Crippen LogP contribution in [0.3, 0.4) is 0 Å². The lowest BCUT2D eigenvalue weighted by Crippen LogP contribution is -2.53. The maximum atomic E-state index is 13.3. The van der Waals surface area contributed by atoms with E-state index < -0.39 is 23.4 Å². The number of halogens is 2. The van der Waals surface area contributed by atoms with Gasteiger partial charge in [0.15, 0.2) is 6.10 Å². The number of aliphatic hydroxyl groups is 1. The smallest absolute Gasteiger partial charge is 0.336 e. The number of aliphatic hydroxyl groups excluding tert-OH is 1. The minimum atomic E-state index is -1.31. The molecule has 0 spiro atoms. The summed E-state index contributed by atoms with van der Waals surface area (Å²) in [6.07, 6.45) is -1.31. The van der Waals surface area contributed by atoms with E-state index in [-0.39, 0.29) is 11.6 Å². The zero-order valence-electron chi connectivity index (χ0n) is 11.0. The molecule has 19 heavy (non-hydrogen) atoms. The van der Waals surface area contributed by atoms with E-state index >= 15 is 0 Å². The van der Waals surface area contributed by atoms with Crippen molar-refractivity contribution in [1.82, 2.24) is 5.32 Å². The maximum Gasteiger partial charge on any atom is 0.336 e. The molecule has 0 aliphatic carbocycles. The first-order valence-electron chi connectivity index (χ1n) is 5.73. The van der Waals surface area contributed by atoms with Crippen molar-refractivity contribution in [2.75, 3.05) is 7.11 Å². The van der Waals surface area contributed by atoms with Crippen LogP contribution in [0.15, 0.2) is 18.2 Å². The third-order valence-electron chi connectivity index (χ3n) is 2.84. The molecule has 1 atom stereocenters. The predicted octanol–water partition coefficient (Wildman–Crippen LogP) is 1.88. The van der Waals surface area contributed by atoms with Gasteiger partial charge in [-0.05, 0) is 31.5 Å². The van der Waals surface area contributed by atoms with Crippen molar-refractivity contribution in [3.8, 4) is 0 Å². The first-order chi connectivity index (χ1) is 8.77. The highest BCUT2D eigenvalue weighted by Gasteiger charge is 2.33. The minimum absolute atomic E-state index is 0.0533. The summed E-state index contributed by atoms with van der Waals surface area (Å²) in [6, 6.07) is 4.42. The molecular weight excluding hydrogens is 273 g/mol. The van der Waals surface area contributed by atoms with E-state index in [4.69, 9.17) is 11.6 Å². The van der Waals surface area contributed by atoms with Crippen molar-refractivity contribution >= 4 is 17.6 Å². The minimum Gasteiger partial charge on any atom is -0.467 e. The summed E-state index contributed by atoms with van der Waals surface area (Å²) in [5.74, 6) is -1.23. The molecule has 0 bridgehead atoms. The summed E-state index contributed by atoms with van der Waals surface area (Å²) in [5.41, 5.74) is -0.240. The van der Waals surface area contributed by atoms with Gasteiger partial charge in [0.1, 0.15) is 5.82 Å². The molecule has 0 heterocycles. The summed E-state index contributed by atoms with van der Waals surface area (Å²) in [6.45, 7) is 3.59. The number of hydrogen-bond acceptors (Lipinski definition) is 4. The Hall–Kier alpha value is -1.17. The molecule has 1 unspecified atom stereocenters. The Labute approximate surface area is 116 Å². The molecule has 0 fully saturated rings. The van der Waals surface area contributed by atoms with Gasteiger partial charge >= 0.3 is 5.97 Å². The number of methoxy groups -OCH3 is 1. The highest BCUT2D eigenvalue weighted by atomic mass is 35.5. The lowest BCUT2D eigenvalue weighted by atomic mass is 9.97. The van der Waals surface area contributed by atoms with Gasteiger partial charge in [0, 0.05) is 12.1 Å². The quantitative estimate of drug-likeness (QED) is 0.813. The van der Waals surface area contributed by atoms with Crippen LogP contribution in [0.2, 0.25) is 5.02 Å². The molecule has 1 rings (SSSR count). The molecule has 0 aliphatic heterocycles. The molecule has 0 saturated heterocycles. The predicted molar refractivity (Wildman–Crippen MR) is 70.4 cm³/mol. The first-order valence-corrected chi connectivity index (χ1v) is 6.10. The third-order valence-corrected chi connectivity index (χ3v) is 3.15. The molecule has 0 saturated carbocycles. The van der Waals surface area contributed by atoms with Crippen LogP contribution in [0.5, 0.6) is 0 Å². The van der Waals surface area contributed by atoms with Gasteiger partial charge in [0.05, 0.1) is 12.1 Å².